The Bertz CT molecular complexity index is 1240. The maximum absolute atomic E-state index is 11.0. The Morgan fingerprint density at radius 2 is 1.42 bits per heavy atom. The van der Waals surface area contributed by atoms with Gasteiger partial charge in [0.25, 0.3) is 10.1 Å². The molecule has 38 heavy (non-hydrogen) atoms. The third kappa shape index (κ3) is 10.2. The first kappa shape index (κ1) is 29.9. The van der Waals surface area contributed by atoms with Gasteiger partial charge in [-0.15, -0.1) is 0 Å². The van der Waals surface area contributed by atoms with E-state index in [1.54, 1.807) is 0 Å². The van der Waals surface area contributed by atoms with Crippen molar-refractivity contribution in [2.45, 2.75) is 78.2 Å². The van der Waals surface area contributed by atoms with Crippen LogP contribution in [0.1, 0.15) is 82.8 Å². The summed E-state index contributed by atoms with van der Waals surface area (Å²) in [5, 5.41) is 1.10. The number of rotatable bonds is 17. The molecule has 0 aliphatic heterocycles. The third-order valence-electron chi connectivity index (χ3n) is 6.99. The van der Waals surface area contributed by atoms with Gasteiger partial charge in [-0.1, -0.05) is 76.7 Å². The van der Waals surface area contributed by atoms with E-state index >= 15 is 0 Å². The fourth-order valence-corrected chi connectivity index (χ4v) is 5.33. The van der Waals surface area contributed by atoms with Crippen molar-refractivity contribution in [1.82, 2.24) is 0 Å². The van der Waals surface area contributed by atoms with Gasteiger partial charge < -0.3 is 4.90 Å². The van der Waals surface area contributed by atoms with Crippen LogP contribution < -0.4 is 9.47 Å². The summed E-state index contributed by atoms with van der Waals surface area (Å²) in [6, 6.07) is 19.3. The molecule has 0 aliphatic rings. The summed E-state index contributed by atoms with van der Waals surface area (Å²) in [6.45, 7) is 7.33. The van der Waals surface area contributed by atoms with Crippen molar-refractivity contribution < 1.29 is 17.5 Å². The highest BCUT2D eigenvalue weighted by Gasteiger charge is 2.11. The Hall–Kier alpha value is -2.70. The van der Waals surface area contributed by atoms with E-state index in [2.05, 4.69) is 79.4 Å². The van der Waals surface area contributed by atoms with Gasteiger partial charge in [-0.25, -0.2) is 0 Å². The van der Waals surface area contributed by atoms with Crippen LogP contribution in [0.4, 0.5) is 5.69 Å². The summed E-state index contributed by atoms with van der Waals surface area (Å²) in [6.07, 6.45) is 16.9. The van der Waals surface area contributed by atoms with Crippen molar-refractivity contribution in [2.75, 3.05) is 23.7 Å². The molecule has 0 amide bonds. The predicted molar refractivity (Wildman–Crippen MR) is 161 cm³/mol. The minimum Gasteiger partial charge on any atom is -0.372 e. The number of hydrogen-bond acceptors (Lipinski definition) is 3. The Balaban J connectivity index is 1.65. The molecule has 0 atom stereocenters. The normalized spacial score (nSPS) is 12.0. The third-order valence-corrected chi connectivity index (χ3v) is 7.80. The zero-order valence-electron chi connectivity index (χ0n) is 23.2. The maximum atomic E-state index is 11.0. The monoisotopic (exact) mass is 537 g/mol. The lowest BCUT2D eigenvalue weighted by Crippen LogP contribution is -2.34. The lowest BCUT2D eigenvalue weighted by Gasteiger charge is -2.25. The number of hydrogen-bond donors (Lipinski definition) is 1. The molecule has 1 N–H and O–H groups in total. The number of aryl methyl sites for hydroxylation is 1. The second-order valence-corrected chi connectivity index (χ2v) is 11.8. The molecule has 0 fully saturated rings. The second kappa shape index (κ2) is 15.6. The van der Waals surface area contributed by atoms with E-state index in [0.717, 1.165) is 29.6 Å². The van der Waals surface area contributed by atoms with E-state index in [0.29, 0.717) is 13.0 Å². The number of aromatic nitrogens is 1. The topological polar surface area (TPSA) is 61.5 Å². The molecule has 1 aromatic heterocycles. The Labute approximate surface area is 230 Å². The molecule has 6 heteroatoms. The second-order valence-electron chi connectivity index (χ2n) is 10.2. The first-order valence-corrected chi connectivity index (χ1v) is 15.9. The molecule has 0 aliphatic carbocycles. The van der Waals surface area contributed by atoms with Crippen LogP contribution in [0.5, 0.6) is 0 Å². The van der Waals surface area contributed by atoms with E-state index in [-0.39, 0.29) is 5.75 Å². The van der Waals surface area contributed by atoms with Crippen molar-refractivity contribution in [3.63, 3.8) is 0 Å². The predicted octanol–water partition coefficient (Wildman–Crippen LogP) is 7.54. The van der Waals surface area contributed by atoms with Crippen molar-refractivity contribution in [3.05, 3.63) is 71.9 Å². The van der Waals surface area contributed by atoms with Crippen LogP contribution in [0, 0.1) is 0 Å². The smallest absolute Gasteiger partial charge is 0.265 e. The van der Waals surface area contributed by atoms with Gasteiger partial charge in [-0.3, -0.25) is 4.55 Å². The van der Waals surface area contributed by atoms with Gasteiger partial charge in [0.1, 0.15) is 6.54 Å². The van der Waals surface area contributed by atoms with Crippen molar-refractivity contribution in [2.24, 2.45) is 0 Å². The van der Waals surface area contributed by atoms with Crippen LogP contribution in [0.3, 0.4) is 0 Å². The van der Waals surface area contributed by atoms with Crippen LogP contribution >= 0.6 is 0 Å². The fraction of sp³-hybridized carbons (Fsp3) is 0.469. The highest BCUT2D eigenvalue weighted by atomic mass is 32.2. The van der Waals surface area contributed by atoms with Gasteiger partial charge in [-0.2, -0.15) is 13.0 Å². The molecular formula is C32H45N2O3S+. The van der Waals surface area contributed by atoms with E-state index < -0.39 is 10.1 Å². The largest absolute Gasteiger partial charge is 0.372 e. The molecule has 0 radical (unpaired) electrons. The molecule has 3 aromatic rings. The summed E-state index contributed by atoms with van der Waals surface area (Å²) >= 11 is 0. The SMILES string of the molecule is CCCCCCN(CCCCCC)c1ccc(/C=C/c2ccc3c(ccc[n+]3CCCS(=O)(=O)O)c2)cc1. The molecule has 3 rings (SSSR count). The molecule has 0 saturated heterocycles. The highest BCUT2D eigenvalue weighted by Crippen LogP contribution is 2.20. The maximum Gasteiger partial charge on any atom is 0.265 e. The van der Waals surface area contributed by atoms with Gasteiger partial charge in [-0.05, 0) is 54.3 Å². The molecule has 1 heterocycles. The van der Waals surface area contributed by atoms with Crippen LogP contribution in [-0.4, -0.2) is 31.8 Å². The molecule has 206 valence electrons. The first-order chi connectivity index (χ1) is 18.4. The van der Waals surface area contributed by atoms with Crippen molar-refractivity contribution in [3.8, 4) is 0 Å². The van der Waals surface area contributed by atoms with Gasteiger partial charge in [0.2, 0.25) is 5.52 Å². The van der Waals surface area contributed by atoms with Gasteiger partial charge in [0.15, 0.2) is 6.20 Å². The average molecular weight is 538 g/mol. The van der Waals surface area contributed by atoms with Crippen molar-refractivity contribution in [1.29, 1.82) is 0 Å². The number of unbranched alkanes of at least 4 members (excludes halogenated alkanes) is 6. The first-order valence-electron chi connectivity index (χ1n) is 14.3. The van der Waals surface area contributed by atoms with Gasteiger partial charge in [0.05, 0.1) is 5.75 Å². The van der Waals surface area contributed by atoms with E-state index in [1.807, 2.05) is 16.8 Å². The quantitative estimate of drug-likeness (QED) is 0.0836. The Kier molecular flexibility index (Phi) is 12.3. The molecule has 5 nitrogen and oxygen atoms in total. The minimum atomic E-state index is -3.93. The number of fused-ring (bicyclic) bond motifs is 1. The Morgan fingerprint density at radius 3 is 2.05 bits per heavy atom. The van der Waals surface area contributed by atoms with E-state index in [4.69, 9.17) is 4.55 Å². The van der Waals surface area contributed by atoms with Crippen LogP contribution in [0.25, 0.3) is 23.1 Å². The number of pyridine rings is 1. The lowest BCUT2D eigenvalue weighted by molar-refractivity contribution is -0.671. The molecule has 0 bridgehead atoms. The van der Waals surface area contributed by atoms with E-state index in [1.165, 1.54) is 62.6 Å². The number of anilines is 1. The summed E-state index contributed by atoms with van der Waals surface area (Å²) < 4.78 is 33.1. The average Bonchev–Trinajstić information content (AvgIpc) is 2.90. The lowest BCUT2D eigenvalue weighted by atomic mass is 10.1. The molecule has 0 spiro atoms. The van der Waals surface area contributed by atoms with Crippen LogP contribution in [0.15, 0.2) is 60.8 Å². The Morgan fingerprint density at radius 1 is 0.789 bits per heavy atom. The standard InChI is InChI=1S/C32H44N2O3S/c1-3-5-7-9-22-33(23-10-8-6-4-2)31-19-16-28(17-20-31)14-15-29-18-21-32-30(27-29)13-11-24-34(32)25-12-26-38(35,36)37/h11,13-21,24,27H,3-10,12,22-23,25-26H2,1-2H3/p+1/b15-14+. The van der Waals surface area contributed by atoms with E-state index in [9.17, 15) is 8.42 Å². The van der Waals surface area contributed by atoms with Crippen molar-refractivity contribution >= 4 is 38.9 Å². The van der Waals surface area contributed by atoms with Gasteiger partial charge in [0, 0.05) is 42.7 Å². The summed E-state index contributed by atoms with van der Waals surface area (Å²) in [7, 11) is -3.93. The van der Waals surface area contributed by atoms with Gasteiger partial charge >= 0.3 is 0 Å². The summed E-state index contributed by atoms with van der Waals surface area (Å²) in [5.74, 6) is -0.231. The molecule has 0 unspecified atom stereocenters. The molecule has 0 saturated carbocycles. The van der Waals surface area contributed by atoms with Crippen LogP contribution in [-0.2, 0) is 16.7 Å². The zero-order valence-corrected chi connectivity index (χ0v) is 24.0. The van der Waals surface area contributed by atoms with Crippen LogP contribution in [0.2, 0.25) is 0 Å². The highest BCUT2D eigenvalue weighted by molar-refractivity contribution is 7.85. The minimum absolute atomic E-state index is 0.231. The number of nitrogens with zero attached hydrogens (tertiary/aromatic N) is 2. The summed E-state index contributed by atoms with van der Waals surface area (Å²) in [5.41, 5.74) is 4.66. The number of benzene rings is 2. The zero-order chi connectivity index (χ0) is 27.2. The molecule has 2 aromatic carbocycles. The fourth-order valence-electron chi connectivity index (χ4n) is 4.83. The summed E-state index contributed by atoms with van der Waals surface area (Å²) in [4.78, 5) is 2.56. The molecular weight excluding hydrogens is 492 g/mol.